The first kappa shape index (κ1) is 111. The van der Waals surface area contributed by atoms with E-state index >= 15 is 0 Å². The number of aliphatic carboxylic acids is 1. The molecule has 0 aliphatic carbocycles. The van der Waals surface area contributed by atoms with E-state index in [9.17, 15) is 72.5 Å². The number of allylic oxidation sites excluding steroid dienone is 2. The second-order valence-corrected chi connectivity index (χ2v) is 28.4. The van der Waals surface area contributed by atoms with Gasteiger partial charge in [0.2, 0.25) is 30.3 Å². The molecule has 0 radical (unpaired) electrons. The largest absolute Gasteiger partial charge is 0.481 e. The minimum Gasteiger partial charge on any atom is -0.481 e. The molecule has 0 aromatic carbocycles. The van der Waals surface area contributed by atoms with Gasteiger partial charge in [0.05, 0.1) is 30.8 Å². The van der Waals surface area contributed by atoms with Crippen molar-refractivity contribution in [3.63, 3.8) is 0 Å². The molecule has 684 valence electrons. The Morgan fingerprint density at radius 3 is 1.11 bits per heavy atom. The lowest BCUT2D eigenvalue weighted by Crippen LogP contribution is -2.62. The fraction of sp³-hybridized carbons (Fsp3) is 0.766. The van der Waals surface area contributed by atoms with Crippen LogP contribution in [0.4, 0.5) is 0 Å². The SMILES string of the molecule is C=CCCCCO.C=CCCCCO[C@@H]1OC(COC(C)=O)[C@H](OC(C)=O)[C@H](C)C1NC(C)=O.CC(=O)NC1C(OC(C)=O)OC(COC(C)=O)[C@H](OC(C)=O)[C@@H]1C.CC(=O)NC1[C@H](OCCCCC(=O)O)OC(COC(C)=O)[C@H](OC(C)=O)[C@@H]1C.CC(=O)OCC1O[C@@H]2OC(C)=NC2[C@@H](C)[C@H]1OC(C)=O.Cl.NC1C(O)OC(CO)[C@H](O)[C@@H]1O. The van der Waals surface area contributed by atoms with Gasteiger partial charge in [-0.1, -0.05) is 39.8 Å². The third kappa shape index (κ3) is 42.8. The number of carbonyl (C=O) groups is 13. The minimum absolute atomic E-state index is 0. The van der Waals surface area contributed by atoms with E-state index in [1.165, 1.54) is 83.1 Å². The van der Waals surface area contributed by atoms with Crippen molar-refractivity contribution in [3.8, 4) is 0 Å². The van der Waals surface area contributed by atoms with Gasteiger partial charge in [0.1, 0.15) is 99.6 Å². The Kier molecular flexibility index (Phi) is 54.7. The van der Waals surface area contributed by atoms with Gasteiger partial charge in [0.25, 0.3) is 0 Å². The molecule has 3 amide bonds. The van der Waals surface area contributed by atoms with Crippen LogP contribution in [0.25, 0.3) is 0 Å². The number of carboxylic acid groups (broad SMARTS) is 1. The molecule has 6 heterocycles. The molecule has 0 bridgehead atoms. The van der Waals surface area contributed by atoms with E-state index in [0.29, 0.717) is 32.0 Å². The zero-order valence-electron chi connectivity index (χ0n) is 70.9. The molecule has 6 aliphatic heterocycles. The van der Waals surface area contributed by atoms with E-state index in [1.807, 2.05) is 26.0 Å². The average Bonchev–Trinajstić information content (AvgIpc) is 1.74. The number of aliphatic hydroxyl groups is 5. The maximum atomic E-state index is 11.6. The van der Waals surface area contributed by atoms with Gasteiger partial charge in [-0.25, -0.2) is 4.99 Å². The molecule has 41 nitrogen and oxygen atoms in total. The lowest BCUT2D eigenvalue weighted by molar-refractivity contribution is -0.262. The van der Waals surface area contributed by atoms with Crippen LogP contribution in [0.5, 0.6) is 0 Å². The molecule has 6 rings (SSSR count). The maximum Gasteiger partial charge on any atom is 0.305 e. The number of unbranched alkanes of at least 4 members (excludes halogenated alkanes) is 5. The molecule has 5 saturated heterocycles. The van der Waals surface area contributed by atoms with Gasteiger partial charge >= 0.3 is 59.7 Å². The van der Waals surface area contributed by atoms with Crippen molar-refractivity contribution in [3.05, 3.63) is 25.3 Å². The fourth-order valence-electron chi connectivity index (χ4n) is 12.5. The number of hydrogen-bond donors (Lipinski definition) is 10. The first-order chi connectivity index (χ1) is 55.3. The highest BCUT2D eigenvalue weighted by Gasteiger charge is 2.52. The second-order valence-electron chi connectivity index (χ2n) is 28.4. The summed E-state index contributed by atoms with van der Waals surface area (Å²) in [6.45, 7) is 31.9. The summed E-state index contributed by atoms with van der Waals surface area (Å²) in [5.74, 6) is -6.92. The molecule has 119 heavy (non-hydrogen) atoms. The Labute approximate surface area is 699 Å². The van der Waals surface area contributed by atoms with Crippen LogP contribution < -0.4 is 21.7 Å². The number of nitrogens with two attached hydrogens (primary N) is 1. The number of amides is 3. The zero-order chi connectivity index (χ0) is 89.8. The van der Waals surface area contributed by atoms with E-state index in [2.05, 4.69) is 34.1 Å². The Hall–Kier alpha value is -8.17. The van der Waals surface area contributed by atoms with Crippen LogP contribution in [0.3, 0.4) is 0 Å². The number of hydrogen-bond acceptors (Lipinski definition) is 37. The quantitative estimate of drug-likeness (QED) is 0.0192. The third-order valence-corrected chi connectivity index (χ3v) is 18.1. The van der Waals surface area contributed by atoms with E-state index in [4.69, 9.17) is 107 Å². The summed E-state index contributed by atoms with van der Waals surface area (Å²) in [4.78, 5) is 151. The van der Waals surface area contributed by atoms with Crippen molar-refractivity contribution in [2.75, 3.05) is 52.9 Å². The summed E-state index contributed by atoms with van der Waals surface area (Å²) in [6, 6.07) is -3.07. The molecular formula is C77H128ClN5O36. The first-order valence-corrected chi connectivity index (χ1v) is 38.7. The summed E-state index contributed by atoms with van der Waals surface area (Å²) >= 11 is 0. The van der Waals surface area contributed by atoms with Gasteiger partial charge < -0.3 is 133 Å². The second kappa shape index (κ2) is 58.7. The Morgan fingerprint density at radius 1 is 0.445 bits per heavy atom. The van der Waals surface area contributed by atoms with Crippen molar-refractivity contribution < 1.29 is 173 Å². The van der Waals surface area contributed by atoms with Gasteiger partial charge in [-0.2, -0.15) is 0 Å². The number of aliphatic hydroxyl groups excluding tert-OH is 5. The van der Waals surface area contributed by atoms with E-state index in [1.54, 1.807) is 20.8 Å². The normalized spacial score (nSPS) is 29.9. The van der Waals surface area contributed by atoms with Gasteiger partial charge in [-0.15, -0.1) is 25.6 Å². The standard InChI is InChI=1S/C19H31NO7.C18H29NO9.C15H23NO8.C13H19NO6.C6H13NO5.C6H12O.ClH/c1-6-7-8-9-10-24-19-17(20-13(3)21)12(2)18(26-15(5)23)16(27-19)11-25-14(4)22;1-10-16(19-11(2)20)18(25-8-6-5-7-15(23)24)28-14(9-26-12(3)21)17(10)27-13(4)22;1-7-13(16-8(2)17)15(23-11(5)20)24-12(6-21-9(3)18)14(7)22-10(4)19;1-6-11-13(18-7(2)14-11)20-10(5-17-8(3)15)12(6)19-9(4)16;7-3-5(10)4(9)2(1-8)12-6(3)11;1-2-3-4-5-6-7;/h6,12,16-19H,1,7-11H2,2-5H3,(H,20,21);10,14,16-18H,5-9H2,1-4H3,(H,19,20)(H,23,24);7,12-15H,6H2,1-5H3,(H,16,17);6,10-13H,5H2,1-4H3;2-6,8-11H,1,7H2;2,7H,1,3-6H2;1H/t12-,16?,17?,18-,19-;10-,14?,16?,17-,18-;7-,12?,13?,14-,15?;6-,10?,11?,12-,13+;2?,3?,4-,5+,6?;;/m11110../s1. The molecule has 25 atom stereocenters. The highest BCUT2D eigenvalue weighted by molar-refractivity contribution is 5.85. The van der Waals surface area contributed by atoms with Crippen molar-refractivity contribution in [1.29, 1.82) is 0 Å². The summed E-state index contributed by atoms with van der Waals surface area (Å²) < 4.78 is 91.3. The fourth-order valence-corrected chi connectivity index (χ4v) is 12.5. The van der Waals surface area contributed by atoms with Crippen LogP contribution in [0, 0.1) is 23.7 Å². The monoisotopic (exact) mass is 1730 g/mol. The smallest absolute Gasteiger partial charge is 0.305 e. The van der Waals surface area contributed by atoms with Crippen LogP contribution in [-0.4, -0.2) is 296 Å². The average molecular weight is 1740 g/mol. The predicted molar refractivity (Wildman–Crippen MR) is 416 cm³/mol. The van der Waals surface area contributed by atoms with Crippen LogP contribution >= 0.6 is 12.4 Å². The Bertz CT molecular complexity index is 3200. The number of halogens is 1. The highest BCUT2D eigenvalue weighted by Crippen LogP contribution is 2.36. The molecule has 0 aromatic heterocycles. The number of nitrogens with zero attached hydrogens (tertiary/aromatic N) is 1. The molecule has 11 N–H and O–H groups in total. The summed E-state index contributed by atoms with van der Waals surface area (Å²) in [7, 11) is 0. The van der Waals surface area contributed by atoms with Crippen LogP contribution in [0.2, 0.25) is 0 Å². The number of esters is 9. The molecule has 5 fully saturated rings. The molecule has 0 spiro atoms. The van der Waals surface area contributed by atoms with Crippen LogP contribution in [0.15, 0.2) is 30.3 Å². The Balaban J connectivity index is 0.00000145. The van der Waals surface area contributed by atoms with E-state index in [0.717, 1.165) is 38.5 Å². The summed E-state index contributed by atoms with van der Waals surface area (Å²) in [5.41, 5.74) is 5.26. The third-order valence-electron chi connectivity index (χ3n) is 18.1. The lowest BCUT2D eigenvalue weighted by atomic mass is 9.88. The molecule has 0 aromatic rings. The Morgan fingerprint density at radius 2 is 0.782 bits per heavy atom. The number of carbonyl (C=O) groups excluding carboxylic acids is 12. The zero-order valence-corrected chi connectivity index (χ0v) is 71.7. The van der Waals surface area contributed by atoms with E-state index in [-0.39, 0.29) is 93.4 Å². The predicted octanol–water partition coefficient (Wildman–Crippen LogP) is 1.41. The molecule has 0 saturated carbocycles. The number of carboxylic acids is 1. The topological polar surface area (TPSA) is 575 Å². The van der Waals surface area contributed by atoms with Gasteiger partial charge in [-0.3, -0.25) is 62.3 Å². The summed E-state index contributed by atoms with van der Waals surface area (Å²) in [6.07, 6.45) is -3.30. The molecule has 42 heteroatoms. The number of rotatable bonds is 33. The van der Waals surface area contributed by atoms with Gasteiger partial charge in [-0.05, 0) is 51.4 Å². The van der Waals surface area contributed by atoms with Crippen molar-refractivity contribution in [2.24, 2.45) is 34.4 Å². The molecule has 12 unspecified atom stereocenters. The van der Waals surface area contributed by atoms with Crippen LogP contribution in [-0.2, 0) is 143 Å². The van der Waals surface area contributed by atoms with Crippen molar-refractivity contribution in [2.45, 2.75) is 304 Å². The number of nitrogens with one attached hydrogen (secondary N) is 3. The van der Waals surface area contributed by atoms with Crippen molar-refractivity contribution >= 4 is 95.7 Å². The number of fused-ring (bicyclic) bond motifs is 1. The first-order valence-electron chi connectivity index (χ1n) is 38.7. The lowest BCUT2D eigenvalue weighted by Gasteiger charge is -2.44. The van der Waals surface area contributed by atoms with Gasteiger partial charge in [0.15, 0.2) is 24.8 Å². The van der Waals surface area contributed by atoms with Gasteiger partial charge in [0, 0.05) is 140 Å². The number of ether oxygens (including phenoxy) is 17. The highest BCUT2D eigenvalue weighted by atomic mass is 35.5. The van der Waals surface area contributed by atoms with E-state index < -0.39 is 195 Å². The molecule has 6 aliphatic rings. The summed E-state index contributed by atoms with van der Waals surface area (Å²) in [5, 5.41) is 61.2. The van der Waals surface area contributed by atoms with Crippen molar-refractivity contribution in [1.82, 2.24) is 16.0 Å². The number of aliphatic imine (C=N–C) groups is 1. The minimum atomic E-state index is -1.35. The molecular weight excluding hydrogens is 1610 g/mol. The maximum absolute atomic E-state index is 11.6. The van der Waals surface area contributed by atoms with Crippen LogP contribution in [0.1, 0.15) is 175 Å².